The molecule has 86 heavy (non-hydrogen) atoms. The first kappa shape index (κ1) is 58.4. The highest BCUT2D eigenvalue weighted by atomic mass is 16.4. The Labute approximate surface area is 480 Å². The van der Waals surface area contributed by atoms with E-state index < -0.39 is 80.7 Å². The second kappa shape index (κ2) is 24.5. The number of hydrogen-bond donors (Lipinski definition) is 12. The van der Waals surface area contributed by atoms with Crippen molar-refractivity contribution >= 4 is 69.9 Å². The van der Waals surface area contributed by atoms with Gasteiger partial charge in [0.15, 0.2) is 0 Å². The summed E-state index contributed by atoms with van der Waals surface area (Å²) in [6.07, 6.45) is 0. The fourth-order valence-electron chi connectivity index (χ4n) is 8.73. The lowest BCUT2D eigenvalue weighted by Crippen LogP contribution is -2.36. The molecule has 0 saturated carbocycles. The van der Waals surface area contributed by atoms with E-state index in [4.69, 9.17) is 21.7 Å². The zero-order chi connectivity index (χ0) is 61.7. The number of carbonyl (C=O) groups is 6. The summed E-state index contributed by atoms with van der Waals surface area (Å²) >= 11 is 0. The molecule has 0 radical (unpaired) electrons. The molecule has 14 N–H and O–H groups in total. The summed E-state index contributed by atoms with van der Waals surface area (Å²) in [6.45, 7) is 3.95. The number of amides is 4. The number of aromatic amines is 2. The normalized spacial score (nSPS) is 11.7. The standard InChI is InChI=1S/2C28H24N8O7/c1-13(16-5-7-17(8-6-16)26(41)42)32-24(39)18-10-19(36-27(33-18)34-35-28(36)43)25(40)31-12-15-4-2-3-14(9-15)11-30-21-20(29)22(37)23(21)38;1-13(16-5-7-17(8-6-16)26(41)42)32-25(40)19-10-18(33-27-34-35-28(43)36(19)27)24(39)31-12-15-4-2-3-14(9-15)11-30-21-20(29)22(37)23(21)38/h2-10,13,30H,11-12,29H2,1H3,(H,31,40)(H,32,39)(H,35,43)(H,41,42);2-10,13,30H,11-12,29H2,1H3,(H,31,39)(H,32,40)(H,35,43)(H,41,42)/t2*13-/m11/s1. The fraction of sp³-hybridized carbons (Fsp3) is 0.143. The molecule has 0 aliphatic rings. The minimum Gasteiger partial charge on any atom is -0.478 e. The van der Waals surface area contributed by atoms with Crippen LogP contribution in [0.25, 0.3) is 11.6 Å². The quantitative estimate of drug-likeness (QED) is 0.0466. The molecule has 0 saturated heterocycles. The van der Waals surface area contributed by atoms with Crippen LogP contribution in [-0.4, -0.2) is 84.9 Å². The summed E-state index contributed by atoms with van der Waals surface area (Å²) in [4.78, 5) is 154. The molecular formula is C56H48N16O14. The van der Waals surface area contributed by atoms with Crippen LogP contribution >= 0.6 is 0 Å². The molecule has 30 nitrogen and oxygen atoms in total. The van der Waals surface area contributed by atoms with Crippen molar-refractivity contribution in [3.63, 3.8) is 0 Å². The van der Waals surface area contributed by atoms with Gasteiger partial charge in [-0.3, -0.25) is 38.4 Å². The summed E-state index contributed by atoms with van der Waals surface area (Å²) in [5.74, 6) is -5.19. The Hall–Kier alpha value is -12.2. The minimum atomic E-state index is -1.08. The van der Waals surface area contributed by atoms with Crippen molar-refractivity contribution in [3.05, 3.63) is 238 Å². The third-order valence-corrected chi connectivity index (χ3v) is 13.4. The second-order valence-electron chi connectivity index (χ2n) is 19.2. The molecule has 0 unspecified atom stereocenters. The van der Waals surface area contributed by atoms with Crippen LogP contribution in [0.15, 0.2) is 138 Å². The van der Waals surface area contributed by atoms with Crippen molar-refractivity contribution in [1.29, 1.82) is 0 Å². The van der Waals surface area contributed by atoms with Gasteiger partial charge in [0.25, 0.3) is 56.9 Å². The van der Waals surface area contributed by atoms with Gasteiger partial charge >= 0.3 is 23.3 Å². The van der Waals surface area contributed by atoms with Crippen LogP contribution in [0.4, 0.5) is 22.7 Å². The number of rotatable bonds is 20. The number of nitrogens with two attached hydrogens (primary N) is 2. The predicted molar refractivity (Wildman–Crippen MR) is 307 cm³/mol. The van der Waals surface area contributed by atoms with Gasteiger partial charge in [-0.15, -0.1) is 10.2 Å². The van der Waals surface area contributed by atoms with Gasteiger partial charge in [-0.2, -0.15) is 0 Å². The van der Waals surface area contributed by atoms with Gasteiger partial charge in [0.2, 0.25) is 0 Å². The van der Waals surface area contributed by atoms with Gasteiger partial charge in [-0.25, -0.2) is 48.1 Å². The van der Waals surface area contributed by atoms with E-state index in [0.717, 1.165) is 19.9 Å². The number of aromatic carboxylic acids is 2. The molecule has 10 aromatic rings. The molecule has 0 aliphatic carbocycles. The molecule has 10 rings (SSSR count). The number of fused-ring (bicyclic) bond motifs is 2. The van der Waals surface area contributed by atoms with Crippen LogP contribution in [0.3, 0.4) is 0 Å². The molecule has 4 amide bonds. The predicted octanol–water partition coefficient (Wildman–Crippen LogP) is 0.654. The zero-order valence-electron chi connectivity index (χ0n) is 45.0. The van der Waals surface area contributed by atoms with Gasteiger partial charge in [0.1, 0.15) is 45.5 Å². The van der Waals surface area contributed by atoms with Crippen LogP contribution in [0.2, 0.25) is 0 Å². The Morgan fingerprint density at radius 2 is 0.860 bits per heavy atom. The first-order chi connectivity index (χ1) is 41.1. The highest BCUT2D eigenvalue weighted by Crippen LogP contribution is 2.19. The van der Waals surface area contributed by atoms with Gasteiger partial charge in [0, 0.05) is 26.2 Å². The number of carbonyl (C=O) groups excluding carboxylic acids is 4. The summed E-state index contributed by atoms with van der Waals surface area (Å²) < 4.78 is 1.88. The lowest BCUT2D eigenvalue weighted by molar-refractivity contribution is 0.0686. The maximum Gasteiger partial charge on any atom is 0.349 e. The van der Waals surface area contributed by atoms with Gasteiger partial charge in [0.05, 0.1) is 23.2 Å². The largest absolute Gasteiger partial charge is 0.478 e. The number of hydrogen-bond acceptors (Lipinski definition) is 20. The molecule has 0 aliphatic heterocycles. The number of nitrogen functional groups attached to an aromatic ring is 2. The Balaban J connectivity index is 0.000000205. The number of nitrogens with zero attached hydrogens (tertiary/aromatic N) is 6. The molecule has 436 valence electrons. The van der Waals surface area contributed by atoms with Crippen molar-refractivity contribution < 1.29 is 39.0 Å². The van der Waals surface area contributed by atoms with E-state index in [-0.39, 0.29) is 94.4 Å². The molecule has 0 fully saturated rings. The number of H-pyrrole nitrogens is 2. The monoisotopic (exact) mass is 1170 g/mol. The smallest absolute Gasteiger partial charge is 0.349 e. The van der Waals surface area contributed by atoms with Crippen molar-refractivity contribution in [3.8, 4) is 0 Å². The second-order valence-corrected chi connectivity index (χ2v) is 19.2. The third-order valence-electron chi connectivity index (χ3n) is 13.4. The average molecular weight is 1170 g/mol. The summed E-state index contributed by atoms with van der Waals surface area (Å²) in [7, 11) is 0. The molecule has 2 atom stereocenters. The molecule has 0 spiro atoms. The van der Waals surface area contributed by atoms with E-state index in [2.05, 4.69) is 62.3 Å². The first-order valence-electron chi connectivity index (χ1n) is 25.7. The molecule has 30 heteroatoms. The van der Waals surface area contributed by atoms with E-state index >= 15 is 0 Å². The van der Waals surface area contributed by atoms with Crippen molar-refractivity contribution in [1.82, 2.24) is 60.4 Å². The van der Waals surface area contributed by atoms with Crippen LogP contribution in [-0.2, 0) is 26.2 Å². The lowest BCUT2D eigenvalue weighted by Gasteiger charge is -2.15. The maximum absolute atomic E-state index is 13.2. The van der Waals surface area contributed by atoms with Crippen molar-refractivity contribution in [2.75, 3.05) is 22.1 Å². The maximum atomic E-state index is 13.2. The van der Waals surface area contributed by atoms with Gasteiger partial charge in [-0.05, 0) is 83.6 Å². The van der Waals surface area contributed by atoms with E-state index in [0.29, 0.717) is 22.3 Å². The summed E-state index contributed by atoms with van der Waals surface area (Å²) in [5.41, 5.74) is 10.5. The highest BCUT2D eigenvalue weighted by molar-refractivity contribution is 5.99. The molecule has 4 aromatic heterocycles. The van der Waals surface area contributed by atoms with E-state index in [1.165, 1.54) is 36.4 Å². The van der Waals surface area contributed by atoms with E-state index in [1.807, 2.05) is 0 Å². The Morgan fingerprint density at radius 1 is 0.488 bits per heavy atom. The van der Waals surface area contributed by atoms with Crippen LogP contribution in [0.5, 0.6) is 0 Å². The Bertz CT molecular complexity index is 4620. The van der Waals surface area contributed by atoms with Crippen LogP contribution in [0.1, 0.15) is 122 Å². The number of aromatic nitrogens is 8. The van der Waals surface area contributed by atoms with Crippen LogP contribution in [0, 0.1) is 0 Å². The van der Waals surface area contributed by atoms with Crippen molar-refractivity contribution in [2.45, 2.75) is 52.1 Å². The zero-order valence-corrected chi connectivity index (χ0v) is 45.0. The number of benzene rings is 4. The molecule has 6 aromatic carbocycles. The van der Waals surface area contributed by atoms with E-state index in [1.54, 1.807) is 86.6 Å². The van der Waals surface area contributed by atoms with Crippen molar-refractivity contribution in [2.24, 2.45) is 0 Å². The molecule has 0 bridgehead atoms. The third kappa shape index (κ3) is 12.5. The average Bonchev–Trinajstić information content (AvgIpc) is 2.30. The first-order valence-corrected chi connectivity index (χ1v) is 25.7. The topological polar surface area (TPSA) is 461 Å². The Kier molecular flexibility index (Phi) is 16.6. The summed E-state index contributed by atoms with van der Waals surface area (Å²) in [5, 5.41) is 46.8. The van der Waals surface area contributed by atoms with Gasteiger partial charge < -0.3 is 53.6 Å². The number of nitrogens with one attached hydrogen (secondary N) is 8. The van der Waals surface area contributed by atoms with E-state index in [9.17, 15) is 57.5 Å². The SMILES string of the molecule is C[C@@H](NC(=O)c1cc(C(=O)NCc2cccc(CNc3c(N)c(=O)c3=O)c2)n2c(=O)[nH]nc2n1)c1ccc(C(=O)O)cc1.C[C@@H](NC(=O)c1cc(C(=O)NCc2cccc(CNc3c(N)c(=O)c3=O)c2)nc2n[nH]c(=O)n12)c1ccc(C(=O)O)cc1. The molecular weight excluding hydrogens is 1120 g/mol. The lowest BCUT2D eigenvalue weighted by atomic mass is 10.1. The van der Waals surface area contributed by atoms with Gasteiger partial charge in [-0.1, -0.05) is 72.8 Å². The molecule has 4 heterocycles. The highest BCUT2D eigenvalue weighted by Gasteiger charge is 2.25. The Morgan fingerprint density at radius 3 is 1.27 bits per heavy atom. The summed E-state index contributed by atoms with van der Waals surface area (Å²) in [6, 6.07) is 27.3. The minimum absolute atomic E-state index is 0.0518. The number of carboxylic acid groups (broad SMARTS) is 2. The number of carboxylic acids is 2. The van der Waals surface area contributed by atoms with Crippen LogP contribution < -0.4 is 76.5 Å². The fourth-order valence-corrected chi connectivity index (χ4v) is 8.73. The number of anilines is 4.